The van der Waals surface area contributed by atoms with Crippen LogP contribution in [0.5, 0.6) is 5.75 Å². The summed E-state index contributed by atoms with van der Waals surface area (Å²) in [4.78, 5) is 4.46. The Balaban J connectivity index is 2.30. The van der Waals surface area contributed by atoms with Crippen LogP contribution in [0.2, 0.25) is 0 Å². The molecule has 1 atom stereocenters. The average Bonchev–Trinajstić information content (AvgIpc) is 2.35. The van der Waals surface area contributed by atoms with Gasteiger partial charge in [0.25, 0.3) is 0 Å². The lowest BCUT2D eigenvalue weighted by Crippen LogP contribution is -2.18. The average molecular weight is 296 g/mol. The van der Waals surface area contributed by atoms with E-state index in [2.05, 4.69) is 20.9 Å². The Labute approximate surface area is 109 Å². The van der Waals surface area contributed by atoms with Crippen LogP contribution in [0.25, 0.3) is 10.9 Å². The molecular weight excluding hydrogens is 282 g/mol. The summed E-state index contributed by atoms with van der Waals surface area (Å²) in [5.74, 6) is 0.714. The summed E-state index contributed by atoms with van der Waals surface area (Å²) in [5.41, 5.74) is 1.80. The van der Waals surface area contributed by atoms with Gasteiger partial charge in [-0.15, -0.1) is 0 Å². The summed E-state index contributed by atoms with van der Waals surface area (Å²) in [7, 11) is 0. The van der Waals surface area contributed by atoms with Crippen molar-refractivity contribution in [3.05, 3.63) is 36.0 Å². The number of aliphatic hydroxyl groups excluding tert-OH is 1. The number of nitrogens with zero attached hydrogens (tertiary/aromatic N) is 1. The van der Waals surface area contributed by atoms with Crippen molar-refractivity contribution in [2.75, 3.05) is 11.9 Å². The number of halogens is 1. The Morgan fingerprint density at radius 2 is 2.18 bits per heavy atom. The van der Waals surface area contributed by atoms with Crippen molar-refractivity contribution >= 4 is 26.8 Å². The number of hydrogen-bond donors (Lipinski definition) is 1. The van der Waals surface area contributed by atoms with E-state index in [4.69, 9.17) is 4.74 Å². The van der Waals surface area contributed by atoms with Crippen LogP contribution in [0, 0.1) is 6.92 Å². The lowest BCUT2D eigenvalue weighted by Gasteiger charge is -2.11. The number of benzene rings is 1. The van der Waals surface area contributed by atoms with E-state index >= 15 is 0 Å². The zero-order valence-corrected chi connectivity index (χ0v) is 11.1. The van der Waals surface area contributed by atoms with Crippen LogP contribution in [-0.4, -0.2) is 28.1 Å². The minimum Gasteiger partial charge on any atom is -0.489 e. The Kier molecular flexibility index (Phi) is 3.97. The fourth-order valence-electron chi connectivity index (χ4n) is 1.56. The van der Waals surface area contributed by atoms with Gasteiger partial charge in [0, 0.05) is 16.4 Å². The van der Waals surface area contributed by atoms with Gasteiger partial charge in [0.1, 0.15) is 17.9 Å². The quantitative estimate of drug-likeness (QED) is 0.882. The number of alkyl halides is 1. The molecule has 17 heavy (non-hydrogen) atoms. The maximum absolute atomic E-state index is 9.45. The predicted molar refractivity (Wildman–Crippen MR) is 71.8 cm³/mol. The number of fused-ring (bicyclic) bond motifs is 1. The summed E-state index contributed by atoms with van der Waals surface area (Å²) >= 11 is 3.20. The Morgan fingerprint density at radius 3 is 2.94 bits per heavy atom. The smallest absolute Gasteiger partial charge is 0.145 e. The van der Waals surface area contributed by atoms with Crippen LogP contribution in [-0.2, 0) is 0 Å². The first kappa shape index (κ1) is 12.3. The molecule has 0 fully saturated rings. The lowest BCUT2D eigenvalue weighted by atomic mass is 10.2. The highest BCUT2D eigenvalue weighted by Crippen LogP contribution is 2.24. The number of pyridine rings is 1. The number of ether oxygens (including phenoxy) is 1. The number of aliphatic hydroxyl groups is 1. The molecule has 0 spiro atoms. The Hall–Kier alpha value is -1.13. The minimum absolute atomic E-state index is 0.264. The molecule has 1 aromatic carbocycles. The molecule has 1 unspecified atom stereocenters. The van der Waals surface area contributed by atoms with E-state index in [-0.39, 0.29) is 6.61 Å². The van der Waals surface area contributed by atoms with Crippen LogP contribution in [0.15, 0.2) is 30.3 Å². The fourth-order valence-corrected chi connectivity index (χ4v) is 1.75. The molecule has 4 heteroatoms. The molecule has 2 aromatic rings. The van der Waals surface area contributed by atoms with Crippen LogP contribution in [0.4, 0.5) is 0 Å². The van der Waals surface area contributed by atoms with Gasteiger partial charge in [-0.2, -0.15) is 0 Å². The molecule has 1 heterocycles. The topological polar surface area (TPSA) is 42.4 Å². The van der Waals surface area contributed by atoms with E-state index in [1.54, 1.807) is 0 Å². The van der Waals surface area contributed by atoms with Crippen LogP contribution in [0.1, 0.15) is 5.69 Å². The molecule has 0 aliphatic carbocycles. The SMILES string of the molecule is Cc1ccc2cccc(OCC(O)CBr)c2n1. The summed E-state index contributed by atoms with van der Waals surface area (Å²) in [5, 5.41) is 11.0. The first-order valence-electron chi connectivity index (χ1n) is 5.44. The highest BCUT2D eigenvalue weighted by Gasteiger charge is 2.07. The number of aromatic nitrogens is 1. The third-order valence-electron chi connectivity index (χ3n) is 2.43. The molecule has 0 aliphatic heterocycles. The van der Waals surface area contributed by atoms with E-state index in [1.165, 1.54) is 0 Å². The molecule has 0 saturated heterocycles. The molecule has 1 aromatic heterocycles. The van der Waals surface area contributed by atoms with Crippen LogP contribution in [0.3, 0.4) is 0 Å². The molecule has 0 aliphatic rings. The lowest BCUT2D eigenvalue weighted by molar-refractivity contribution is 0.128. The van der Waals surface area contributed by atoms with E-state index < -0.39 is 6.10 Å². The van der Waals surface area contributed by atoms with Crippen LogP contribution >= 0.6 is 15.9 Å². The summed E-state index contributed by atoms with van der Waals surface area (Å²) < 4.78 is 5.58. The largest absolute Gasteiger partial charge is 0.489 e. The zero-order valence-electron chi connectivity index (χ0n) is 9.56. The molecule has 1 N–H and O–H groups in total. The second kappa shape index (κ2) is 5.47. The predicted octanol–water partition coefficient (Wildman–Crippen LogP) is 2.68. The molecule has 2 rings (SSSR count). The van der Waals surface area contributed by atoms with E-state index in [0.29, 0.717) is 11.1 Å². The van der Waals surface area contributed by atoms with Crippen molar-refractivity contribution in [1.82, 2.24) is 4.98 Å². The standard InChI is InChI=1S/C13H14BrNO2/c1-9-5-6-10-3-2-4-12(13(10)15-9)17-8-11(16)7-14/h2-6,11,16H,7-8H2,1H3. The van der Waals surface area contributed by atoms with Crippen molar-refractivity contribution in [2.45, 2.75) is 13.0 Å². The normalized spacial score (nSPS) is 12.6. The number of rotatable bonds is 4. The monoisotopic (exact) mass is 295 g/mol. The van der Waals surface area contributed by atoms with Gasteiger partial charge in [-0.1, -0.05) is 34.1 Å². The molecule has 0 radical (unpaired) electrons. The van der Waals surface area contributed by atoms with Gasteiger partial charge in [-0.05, 0) is 19.1 Å². The number of aryl methyl sites for hydroxylation is 1. The highest BCUT2D eigenvalue weighted by atomic mass is 79.9. The summed E-state index contributed by atoms with van der Waals surface area (Å²) in [6, 6.07) is 9.78. The number of hydrogen-bond acceptors (Lipinski definition) is 3. The molecule has 90 valence electrons. The third-order valence-corrected chi connectivity index (χ3v) is 3.18. The Bertz CT molecular complexity index is 516. The van der Waals surface area contributed by atoms with Gasteiger partial charge in [-0.25, -0.2) is 4.98 Å². The van der Waals surface area contributed by atoms with Gasteiger partial charge in [0.15, 0.2) is 0 Å². The molecule has 3 nitrogen and oxygen atoms in total. The zero-order chi connectivity index (χ0) is 12.3. The second-order valence-corrected chi connectivity index (χ2v) is 4.55. The van der Waals surface area contributed by atoms with Crippen molar-refractivity contribution in [3.63, 3.8) is 0 Å². The van der Waals surface area contributed by atoms with Gasteiger partial charge in [0.2, 0.25) is 0 Å². The number of para-hydroxylation sites is 1. The highest BCUT2D eigenvalue weighted by molar-refractivity contribution is 9.09. The van der Waals surface area contributed by atoms with Crippen molar-refractivity contribution < 1.29 is 9.84 Å². The van der Waals surface area contributed by atoms with Gasteiger partial charge >= 0.3 is 0 Å². The first-order valence-corrected chi connectivity index (χ1v) is 6.56. The molecule has 0 bridgehead atoms. The fraction of sp³-hybridized carbons (Fsp3) is 0.308. The summed E-state index contributed by atoms with van der Waals surface area (Å²) in [6.07, 6.45) is -0.505. The van der Waals surface area contributed by atoms with Gasteiger partial charge in [-0.3, -0.25) is 0 Å². The van der Waals surface area contributed by atoms with Crippen molar-refractivity contribution in [3.8, 4) is 5.75 Å². The van der Waals surface area contributed by atoms with E-state index in [9.17, 15) is 5.11 Å². The molecule has 0 saturated carbocycles. The summed E-state index contributed by atoms with van der Waals surface area (Å²) in [6.45, 7) is 2.21. The van der Waals surface area contributed by atoms with Gasteiger partial charge < -0.3 is 9.84 Å². The minimum atomic E-state index is -0.505. The first-order chi connectivity index (χ1) is 8.20. The van der Waals surface area contributed by atoms with E-state index in [0.717, 1.165) is 16.6 Å². The van der Waals surface area contributed by atoms with Crippen LogP contribution < -0.4 is 4.74 Å². The second-order valence-electron chi connectivity index (χ2n) is 3.90. The van der Waals surface area contributed by atoms with E-state index in [1.807, 2.05) is 37.3 Å². The third kappa shape index (κ3) is 2.96. The molecular formula is C13H14BrNO2. The Morgan fingerprint density at radius 1 is 1.35 bits per heavy atom. The maximum Gasteiger partial charge on any atom is 0.145 e. The van der Waals surface area contributed by atoms with Gasteiger partial charge in [0.05, 0.1) is 6.10 Å². The van der Waals surface area contributed by atoms with Crippen molar-refractivity contribution in [1.29, 1.82) is 0 Å². The maximum atomic E-state index is 9.45. The van der Waals surface area contributed by atoms with Crippen molar-refractivity contribution in [2.24, 2.45) is 0 Å². The molecule has 0 amide bonds.